The maximum Gasteiger partial charge on any atom is 0.325 e. The topological polar surface area (TPSA) is 105 Å². The van der Waals surface area contributed by atoms with Gasteiger partial charge in [-0.2, -0.15) is 0 Å². The number of hydrogen-bond acceptors (Lipinski definition) is 4. The molecule has 0 saturated heterocycles. The molecule has 0 radical (unpaired) electrons. The molecular formula is C14H26N2O5. The van der Waals surface area contributed by atoms with Crippen LogP contribution in [0.3, 0.4) is 0 Å². The van der Waals surface area contributed by atoms with Crippen molar-refractivity contribution in [1.82, 2.24) is 10.6 Å². The van der Waals surface area contributed by atoms with Gasteiger partial charge in [-0.05, 0) is 31.6 Å². The van der Waals surface area contributed by atoms with Crippen LogP contribution < -0.4 is 10.6 Å². The van der Waals surface area contributed by atoms with E-state index >= 15 is 0 Å². The summed E-state index contributed by atoms with van der Waals surface area (Å²) in [6, 6.07) is -0.427. The van der Waals surface area contributed by atoms with Crippen LogP contribution in [0.4, 0.5) is 4.79 Å². The number of rotatable bonds is 10. The quantitative estimate of drug-likeness (QED) is 0.529. The van der Waals surface area contributed by atoms with Crippen LogP contribution in [0.15, 0.2) is 0 Å². The van der Waals surface area contributed by atoms with Crippen molar-refractivity contribution in [3.05, 3.63) is 0 Å². The minimum atomic E-state index is -0.805. The van der Waals surface area contributed by atoms with Crippen molar-refractivity contribution in [1.29, 1.82) is 0 Å². The fraction of sp³-hybridized carbons (Fsp3) is 0.786. The SMILES string of the molecule is CCOC(=O)CNC(=O)NCCC(CCC(=O)O)C(C)C. The lowest BCUT2D eigenvalue weighted by molar-refractivity contribution is -0.142. The molecule has 0 aliphatic heterocycles. The molecule has 7 heteroatoms. The lowest BCUT2D eigenvalue weighted by atomic mass is 9.88. The first-order chi connectivity index (χ1) is 9.86. The molecule has 2 amide bonds. The molecule has 0 saturated carbocycles. The van der Waals surface area contributed by atoms with Gasteiger partial charge >= 0.3 is 18.0 Å². The molecule has 122 valence electrons. The maximum atomic E-state index is 11.4. The summed E-state index contributed by atoms with van der Waals surface area (Å²) in [7, 11) is 0. The van der Waals surface area contributed by atoms with Gasteiger partial charge in [0.25, 0.3) is 0 Å². The van der Waals surface area contributed by atoms with E-state index in [4.69, 9.17) is 5.11 Å². The Labute approximate surface area is 125 Å². The first kappa shape index (κ1) is 19.2. The normalized spacial score (nSPS) is 11.8. The van der Waals surface area contributed by atoms with Crippen LogP contribution in [0.25, 0.3) is 0 Å². The molecular weight excluding hydrogens is 276 g/mol. The van der Waals surface area contributed by atoms with Crippen LogP contribution in [0.2, 0.25) is 0 Å². The summed E-state index contributed by atoms with van der Waals surface area (Å²) in [6.45, 7) is 6.33. The Balaban J connectivity index is 3.89. The van der Waals surface area contributed by atoms with Crippen molar-refractivity contribution >= 4 is 18.0 Å². The third-order valence-electron chi connectivity index (χ3n) is 3.17. The van der Waals surface area contributed by atoms with E-state index in [0.29, 0.717) is 25.3 Å². The van der Waals surface area contributed by atoms with E-state index in [0.717, 1.165) is 0 Å². The number of amides is 2. The van der Waals surface area contributed by atoms with Crippen LogP contribution in [-0.4, -0.2) is 42.8 Å². The number of carbonyl (C=O) groups excluding carboxylic acids is 2. The smallest absolute Gasteiger partial charge is 0.325 e. The Morgan fingerprint density at radius 1 is 1.14 bits per heavy atom. The number of carboxylic acid groups (broad SMARTS) is 1. The number of hydrogen-bond donors (Lipinski definition) is 3. The second-order valence-corrected chi connectivity index (χ2v) is 5.14. The van der Waals surface area contributed by atoms with Crippen molar-refractivity contribution in [2.45, 2.75) is 40.0 Å². The Kier molecular flexibility index (Phi) is 10.0. The summed E-state index contributed by atoms with van der Waals surface area (Å²) in [5, 5.41) is 13.7. The van der Waals surface area contributed by atoms with E-state index in [-0.39, 0.29) is 25.5 Å². The molecule has 0 bridgehead atoms. The molecule has 0 aromatic carbocycles. The van der Waals surface area contributed by atoms with E-state index in [1.807, 2.05) is 13.8 Å². The lowest BCUT2D eigenvalue weighted by Crippen LogP contribution is -2.39. The summed E-state index contributed by atoms with van der Waals surface area (Å²) < 4.78 is 4.68. The van der Waals surface area contributed by atoms with Crippen molar-refractivity contribution in [3.63, 3.8) is 0 Å². The van der Waals surface area contributed by atoms with E-state index < -0.39 is 18.0 Å². The van der Waals surface area contributed by atoms with Crippen LogP contribution >= 0.6 is 0 Å². The molecule has 0 fully saturated rings. The highest BCUT2D eigenvalue weighted by Gasteiger charge is 2.15. The summed E-state index contributed by atoms with van der Waals surface area (Å²) in [4.78, 5) is 33.1. The van der Waals surface area contributed by atoms with Gasteiger partial charge < -0.3 is 20.5 Å². The first-order valence-corrected chi connectivity index (χ1v) is 7.25. The predicted molar refractivity (Wildman–Crippen MR) is 77.8 cm³/mol. The highest BCUT2D eigenvalue weighted by molar-refractivity contribution is 5.80. The minimum absolute atomic E-state index is 0.137. The third-order valence-corrected chi connectivity index (χ3v) is 3.17. The molecule has 3 N–H and O–H groups in total. The molecule has 0 aliphatic carbocycles. The lowest BCUT2D eigenvalue weighted by Gasteiger charge is -2.20. The monoisotopic (exact) mass is 302 g/mol. The van der Waals surface area contributed by atoms with Crippen molar-refractivity contribution in [2.75, 3.05) is 19.7 Å². The van der Waals surface area contributed by atoms with Gasteiger partial charge in [0.05, 0.1) is 6.61 Å². The molecule has 21 heavy (non-hydrogen) atoms. The van der Waals surface area contributed by atoms with E-state index in [9.17, 15) is 14.4 Å². The molecule has 7 nitrogen and oxygen atoms in total. The average Bonchev–Trinajstić information content (AvgIpc) is 2.40. The standard InChI is InChI=1S/C14H26N2O5/c1-4-21-13(19)9-16-14(20)15-8-7-11(10(2)3)5-6-12(17)18/h10-11H,4-9H2,1-3H3,(H,17,18)(H2,15,16,20). The number of aliphatic carboxylic acids is 1. The molecule has 1 unspecified atom stereocenters. The second-order valence-electron chi connectivity index (χ2n) is 5.14. The van der Waals surface area contributed by atoms with Gasteiger partial charge in [-0.1, -0.05) is 13.8 Å². The summed E-state index contributed by atoms with van der Waals surface area (Å²) in [5.41, 5.74) is 0. The maximum absolute atomic E-state index is 11.4. The van der Waals surface area contributed by atoms with Crippen LogP contribution in [-0.2, 0) is 14.3 Å². The largest absolute Gasteiger partial charge is 0.481 e. The molecule has 0 aromatic rings. The van der Waals surface area contributed by atoms with Gasteiger partial charge in [0.15, 0.2) is 0 Å². The Morgan fingerprint density at radius 2 is 1.81 bits per heavy atom. The van der Waals surface area contributed by atoms with Gasteiger partial charge in [-0.3, -0.25) is 9.59 Å². The fourth-order valence-corrected chi connectivity index (χ4v) is 1.92. The summed E-state index contributed by atoms with van der Waals surface area (Å²) in [5.74, 6) is -0.685. The van der Waals surface area contributed by atoms with Crippen LogP contribution in [0.5, 0.6) is 0 Å². The Hall–Kier alpha value is -1.79. The van der Waals surface area contributed by atoms with E-state index in [1.165, 1.54) is 0 Å². The molecule has 0 rings (SSSR count). The van der Waals surface area contributed by atoms with Crippen LogP contribution in [0.1, 0.15) is 40.0 Å². The minimum Gasteiger partial charge on any atom is -0.481 e. The van der Waals surface area contributed by atoms with E-state index in [1.54, 1.807) is 6.92 Å². The zero-order valence-corrected chi connectivity index (χ0v) is 13.0. The average molecular weight is 302 g/mol. The second kappa shape index (κ2) is 10.9. The Bertz CT molecular complexity index is 344. The number of esters is 1. The van der Waals surface area contributed by atoms with Crippen molar-refractivity contribution in [3.8, 4) is 0 Å². The van der Waals surface area contributed by atoms with Crippen LogP contribution in [0, 0.1) is 11.8 Å². The van der Waals surface area contributed by atoms with E-state index in [2.05, 4.69) is 15.4 Å². The molecule has 0 heterocycles. The van der Waals surface area contributed by atoms with Gasteiger partial charge in [-0.15, -0.1) is 0 Å². The number of nitrogens with one attached hydrogen (secondary N) is 2. The van der Waals surface area contributed by atoms with Crippen molar-refractivity contribution in [2.24, 2.45) is 11.8 Å². The fourth-order valence-electron chi connectivity index (χ4n) is 1.92. The zero-order chi connectivity index (χ0) is 16.3. The number of ether oxygens (including phenoxy) is 1. The molecule has 0 aliphatic rings. The summed E-state index contributed by atoms with van der Waals surface area (Å²) >= 11 is 0. The van der Waals surface area contributed by atoms with Gasteiger partial charge in [0.2, 0.25) is 0 Å². The third kappa shape index (κ3) is 10.6. The van der Waals surface area contributed by atoms with Crippen molar-refractivity contribution < 1.29 is 24.2 Å². The zero-order valence-electron chi connectivity index (χ0n) is 13.0. The number of carboxylic acids is 1. The molecule has 0 aromatic heterocycles. The predicted octanol–water partition coefficient (Wildman–Crippen LogP) is 1.38. The van der Waals surface area contributed by atoms with Gasteiger partial charge in [0.1, 0.15) is 6.54 Å². The highest BCUT2D eigenvalue weighted by atomic mass is 16.5. The Morgan fingerprint density at radius 3 is 2.33 bits per heavy atom. The highest BCUT2D eigenvalue weighted by Crippen LogP contribution is 2.20. The molecule has 0 spiro atoms. The van der Waals surface area contributed by atoms with Gasteiger partial charge in [0, 0.05) is 13.0 Å². The number of urea groups is 1. The molecule has 1 atom stereocenters. The number of carbonyl (C=O) groups is 3. The summed E-state index contributed by atoms with van der Waals surface area (Å²) in [6.07, 6.45) is 1.44. The van der Waals surface area contributed by atoms with Gasteiger partial charge in [-0.25, -0.2) is 4.79 Å². The first-order valence-electron chi connectivity index (χ1n) is 7.25.